The normalized spacial score (nSPS) is 10.7. The predicted molar refractivity (Wildman–Crippen MR) is 103 cm³/mol. The molecule has 0 amide bonds. The van der Waals surface area contributed by atoms with E-state index in [1.807, 2.05) is 0 Å². The minimum Gasteiger partial charge on any atom is -0.494 e. The van der Waals surface area contributed by atoms with Crippen molar-refractivity contribution in [2.24, 2.45) is 7.05 Å². The number of methoxy groups -OCH3 is 2. The van der Waals surface area contributed by atoms with Gasteiger partial charge in [-0.25, -0.2) is 18.7 Å². The average molecular weight is 421 g/mol. The maximum atomic E-state index is 14.4. The number of nitrogens with zero attached hydrogens (tertiary/aromatic N) is 4. The van der Waals surface area contributed by atoms with Gasteiger partial charge < -0.3 is 24.6 Å². The van der Waals surface area contributed by atoms with E-state index in [-0.39, 0.29) is 35.4 Å². The zero-order valence-corrected chi connectivity index (χ0v) is 16.6. The van der Waals surface area contributed by atoms with Crippen LogP contribution in [0.15, 0.2) is 24.5 Å². The first-order valence-corrected chi connectivity index (χ1v) is 8.91. The summed E-state index contributed by atoms with van der Waals surface area (Å²) in [5, 5.41) is 16.2. The van der Waals surface area contributed by atoms with E-state index in [1.54, 1.807) is 17.8 Å². The van der Waals surface area contributed by atoms with Crippen molar-refractivity contribution in [3.8, 4) is 17.2 Å². The lowest BCUT2D eigenvalue weighted by atomic mass is 10.1. The Hall–Kier alpha value is -3.47. The fourth-order valence-corrected chi connectivity index (χ4v) is 2.70. The van der Waals surface area contributed by atoms with Gasteiger partial charge in [-0.3, -0.25) is 4.68 Å². The number of aliphatic hydroxyl groups is 1. The van der Waals surface area contributed by atoms with E-state index < -0.39 is 18.2 Å². The van der Waals surface area contributed by atoms with Gasteiger partial charge in [0.1, 0.15) is 6.61 Å². The molecule has 0 saturated carbocycles. The summed E-state index contributed by atoms with van der Waals surface area (Å²) in [5.41, 5.74) is 0.510. The van der Waals surface area contributed by atoms with E-state index in [1.165, 1.54) is 26.6 Å². The molecule has 0 atom stereocenters. The highest BCUT2D eigenvalue weighted by molar-refractivity contribution is 5.48. The molecule has 9 nitrogen and oxygen atoms in total. The standard InChI is InChI=1S/C19H21F2N5O4/c1-26-11(4-5-27)6-16(25-26)24-19-22-8-12(9-23-19)30-10-13-17(20)14(28-2)7-15(29-3)18(13)21/h6-9,27H,4-5,10H2,1-3H3,(H,22,23,24,25). The molecule has 0 saturated heterocycles. The number of nitrogens with one attached hydrogen (secondary N) is 1. The van der Waals surface area contributed by atoms with E-state index in [9.17, 15) is 8.78 Å². The molecule has 3 rings (SSSR count). The Balaban J connectivity index is 1.69. The summed E-state index contributed by atoms with van der Waals surface area (Å²) in [6.45, 7) is -0.395. The Morgan fingerprint density at radius 3 is 2.27 bits per heavy atom. The van der Waals surface area contributed by atoms with Crippen molar-refractivity contribution in [2.45, 2.75) is 13.0 Å². The third kappa shape index (κ3) is 4.57. The van der Waals surface area contributed by atoms with Crippen LogP contribution in [-0.2, 0) is 20.1 Å². The van der Waals surface area contributed by atoms with E-state index in [4.69, 9.17) is 19.3 Å². The molecule has 0 aliphatic carbocycles. The van der Waals surface area contributed by atoms with Gasteiger partial charge >= 0.3 is 0 Å². The third-order valence-corrected chi connectivity index (χ3v) is 4.26. The van der Waals surface area contributed by atoms with Crippen LogP contribution in [0.2, 0.25) is 0 Å². The van der Waals surface area contributed by atoms with Crippen LogP contribution in [0.4, 0.5) is 20.5 Å². The van der Waals surface area contributed by atoms with Crippen LogP contribution in [-0.4, -0.2) is 45.7 Å². The number of aryl methyl sites for hydroxylation is 1. The monoisotopic (exact) mass is 421 g/mol. The van der Waals surface area contributed by atoms with Crippen LogP contribution >= 0.6 is 0 Å². The zero-order chi connectivity index (χ0) is 21.7. The smallest absolute Gasteiger partial charge is 0.228 e. The van der Waals surface area contributed by atoms with Gasteiger partial charge in [0.05, 0.1) is 32.2 Å². The summed E-state index contributed by atoms with van der Waals surface area (Å²) in [7, 11) is 4.31. The number of rotatable bonds is 9. The molecular formula is C19H21F2N5O4. The van der Waals surface area contributed by atoms with E-state index in [2.05, 4.69) is 20.4 Å². The third-order valence-electron chi connectivity index (χ3n) is 4.26. The molecule has 30 heavy (non-hydrogen) atoms. The molecule has 0 bridgehead atoms. The van der Waals surface area contributed by atoms with Crippen LogP contribution in [0, 0.1) is 11.6 Å². The lowest BCUT2D eigenvalue weighted by molar-refractivity contribution is 0.280. The maximum absolute atomic E-state index is 14.4. The van der Waals surface area contributed by atoms with E-state index in [0.717, 1.165) is 11.8 Å². The molecule has 0 aliphatic rings. The van der Waals surface area contributed by atoms with Crippen LogP contribution in [0.1, 0.15) is 11.3 Å². The van der Waals surface area contributed by atoms with E-state index >= 15 is 0 Å². The Kier molecular flexibility index (Phi) is 6.62. The molecule has 0 spiro atoms. The summed E-state index contributed by atoms with van der Waals surface area (Å²) in [4.78, 5) is 8.20. The molecule has 2 N–H and O–H groups in total. The molecule has 160 valence electrons. The van der Waals surface area contributed by atoms with Crippen molar-refractivity contribution in [1.29, 1.82) is 0 Å². The number of anilines is 2. The number of aliphatic hydroxyl groups excluding tert-OH is 1. The van der Waals surface area contributed by atoms with E-state index in [0.29, 0.717) is 12.2 Å². The largest absolute Gasteiger partial charge is 0.494 e. The average Bonchev–Trinajstić information content (AvgIpc) is 3.08. The second kappa shape index (κ2) is 9.35. The van der Waals surface area contributed by atoms with Gasteiger partial charge in [-0.15, -0.1) is 0 Å². The molecule has 0 aliphatic heterocycles. The lowest BCUT2D eigenvalue weighted by Crippen LogP contribution is -2.06. The topological polar surface area (TPSA) is 104 Å². The lowest BCUT2D eigenvalue weighted by Gasteiger charge is -2.13. The Labute approximate surface area is 171 Å². The van der Waals surface area contributed by atoms with Crippen molar-refractivity contribution >= 4 is 11.8 Å². The fourth-order valence-electron chi connectivity index (χ4n) is 2.70. The summed E-state index contributed by atoms with van der Waals surface area (Å²) < 4.78 is 45.6. The second-order valence-electron chi connectivity index (χ2n) is 6.16. The van der Waals surface area contributed by atoms with Crippen molar-refractivity contribution in [3.05, 3.63) is 47.4 Å². The predicted octanol–water partition coefficient (Wildman–Crippen LogP) is 2.36. The van der Waals surface area contributed by atoms with Crippen molar-refractivity contribution in [2.75, 3.05) is 26.1 Å². The minimum absolute atomic E-state index is 0.0157. The quantitative estimate of drug-likeness (QED) is 0.543. The molecule has 0 radical (unpaired) electrons. The Morgan fingerprint density at radius 1 is 1.07 bits per heavy atom. The van der Waals surface area contributed by atoms with Crippen molar-refractivity contribution < 1.29 is 28.1 Å². The molecule has 0 fully saturated rings. The molecule has 3 aromatic rings. The number of benzene rings is 1. The minimum atomic E-state index is -0.871. The maximum Gasteiger partial charge on any atom is 0.228 e. The van der Waals surface area contributed by atoms with Crippen LogP contribution < -0.4 is 19.5 Å². The van der Waals surface area contributed by atoms with Crippen LogP contribution in [0.5, 0.6) is 17.2 Å². The van der Waals surface area contributed by atoms with Crippen molar-refractivity contribution in [3.63, 3.8) is 0 Å². The van der Waals surface area contributed by atoms with Crippen LogP contribution in [0.3, 0.4) is 0 Å². The summed E-state index contributed by atoms with van der Waals surface area (Å²) in [6, 6.07) is 2.90. The van der Waals surface area contributed by atoms with Gasteiger partial charge in [0.2, 0.25) is 5.95 Å². The van der Waals surface area contributed by atoms with Gasteiger partial charge in [0.25, 0.3) is 0 Å². The first kappa shape index (κ1) is 21.2. The number of halogens is 2. The number of hydrogen-bond donors (Lipinski definition) is 2. The fraction of sp³-hybridized carbons (Fsp3) is 0.316. The molecule has 0 unspecified atom stereocenters. The van der Waals surface area contributed by atoms with Gasteiger partial charge in [-0.1, -0.05) is 0 Å². The second-order valence-corrected chi connectivity index (χ2v) is 6.16. The Morgan fingerprint density at radius 2 is 1.70 bits per heavy atom. The highest BCUT2D eigenvalue weighted by Crippen LogP contribution is 2.32. The first-order chi connectivity index (χ1) is 14.5. The molecule has 2 aromatic heterocycles. The molecular weight excluding hydrogens is 400 g/mol. The number of hydrogen-bond acceptors (Lipinski definition) is 8. The molecule has 1 aromatic carbocycles. The summed E-state index contributed by atoms with van der Waals surface area (Å²) in [6.07, 6.45) is 3.20. The van der Waals surface area contributed by atoms with Gasteiger partial charge in [-0.2, -0.15) is 5.10 Å². The summed E-state index contributed by atoms with van der Waals surface area (Å²) in [5.74, 6) is -1.06. The van der Waals surface area contributed by atoms with Gasteiger partial charge in [-0.05, 0) is 0 Å². The zero-order valence-electron chi connectivity index (χ0n) is 16.6. The molecule has 2 heterocycles. The highest BCUT2D eigenvalue weighted by Gasteiger charge is 2.20. The Bertz CT molecular complexity index is 983. The van der Waals surface area contributed by atoms with Crippen LogP contribution in [0.25, 0.3) is 0 Å². The first-order valence-electron chi connectivity index (χ1n) is 8.91. The number of aromatic nitrogens is 4. The number of ether oxygens (including phenoxy) is 3. The molecule has 11 heteroatoms. The highest BCUT2D eigenvalue weighted by atomic mass is 19.1. The van der Waals surface area contributed by atoms with Gasteiger partial charge in [0, 0.05) is 37.9 Å². The van der Waals surface area contributed by atoms with Crippen molar-refractivity contribution in [1.82, 2.24) is 19.7 Å². The van der Waals surface area contributed by atoms with Gasteiger partial charge in [0.15, 0.2) is 34.7 Å². The SMILES string of the molecule is COc1cc(OC)c(F)c(COc2cnc(Nc3cc(CCO)n(C)n3)nc2)c1F. The summed E-state index contributed by atoms with van der Waals surface area (Å²) >= 11 is 0.